The van der Waals surface area contributed by atoms with E-state index < -0.39 is 0 Å². The first kappa shape index (κ1) is 19.6. The zero-order chi connectivity index (χ0) is 21.1. The Labute approximate surface area is 173 Å². The summed E-state index contributed by atoms with van der Waals surface area (Å²) < 4.78 is 6.62. The Hall–Kier alpha value is -3.70. The molecule has 2 aromatic heterocycles. The van der Waals surface area contributed by atoms with Crippen LogP contribution in [0.3, 0.4) is 0 Å². The normalized spacial score (nSPS) is 14.3. The Bertz CT molecular complexity index is 1110. The number of nitrogens with zero attached hydrogens (tertiary/aromatic N) is 4. The lowest BCUT2D eigenvalue weighted by Gasteiger charge is -2.23. The highest BCUT2D eigenvalue weighted by atomic mass is 16.5. The van der Waals surface area contributed by atoms with E-state index in [0.717, 1.165) is 24.0 Å². The maximum absolute atomic E-state index is 12.4. The summed E-state index contributed by atoms with van der Waals surface area (Å²) >= 11 is 0. The number of nitriles is 1. The largest absolute Gasteiger partial charge is 0.493 e. The van der Waals surface area contributed by atoms with Crippen LogP contribution in [0.4, 0.5) is 0 Å². The summed E-state index contributed by atoms with van der Waals surface area (Å²) in [4.78, 5) is 16.7. The average Bonchev–Trinajstić information content (AvgIpc) is 3.15. The maximum atomic E-state index is 12.4. The van der Waals surface area contributed by atoms with Crippen molar-refractivity contribution in [1.82, 2.24) is 20.1 Å². The van der Waals surface area contributed by atoms with E-state index in [2.05, 4.69) is 21.5 Å². The number of carbonyl (C=O) groups is 1. The van der Waals surface area contributed by atoms with Gasteiger partial charge in [0, 0.05) is 25.5 Å². The number of hydrogen-bond acceptors (Lipinski definition) is 6. The summed E-state index contributed by atoms with van der Waals surface area (Å²) in [6.45, 7) is 3.18. The first-order chi connectivity index (χ1) is 14.6. The van der Waals surface area contributed by atoms with Crippen LogP contribution in [0.2, 0.25) is 0 Å². The van der Waals surface area contributed by atoms with E-state index in [1.165, 1.54) is 10.9 Å². The van der Waals surface area contributed by atoms with Gasteiger partial charge in [-0.1, -0.05) is 6.07 Å². The van der Waals surface area contributed by atoms with Crippen LogP contribution in [-0.4, -0.2) is 45.0 Å². The Balaban J connectivity index is 1.54. The predicted molar refractivity (Wildman–Crippen MR) is 109 cm³/mol. The van der Waals surface area contributed by atoms with E-state index >= 15 is 0 Å². The van der Waals surface area contributed by atoms with Gasteiger partial charge >= 0.3 is 0 Å². The minimum Gasteiger partial charge on any atom is -0.493 e. The topological polar surface area (TPSA) is 113 Å². The molecule has 8 nitrogen and oxygen atoms in total. The van der Waals surface area contributed by atoms with Crippen molar-refractivity contribution in [2.75, 3.05) is 13.2 Å². The van der Waals surface area contributed by atoms with Crippen LogP contribution in [0, 0.1) is 18.3 Å². The second-order valence-corrected chi connectivity index (χ2v) is 7.20. The minimum atomic E-state index is -0.181. The molecular weight excluding hydrogens is 382 g/mol. The second-order valence-electron chi connectivity index (χ2n) is 7.20. The van der Waals surface area contributed by atoms with Crippen LogP contribution < -0.4 is 5.32 Å². The molecule has 3 heterocycles. The van der Waals surface area contributed by atoms with Crippen LogP contribution in [0.5, 0.6) is 5.88 Å². The molecule has 0 atom stereocenters. The Kier molecular flexibility index (Phi) is 5.46. The van der Waals surface area contributed by atoms with Crippen molar-refractivity contribution in [1.29, 1.82) is 5.26 Å². The van der Waals surface area contributed by atoms with Gasteiger partial charge in [-0.3, -0.25) is 4.79 Å². The number of pyridine rings is 1. The van der Waals surface area contributed by atoms with Crippen LogP contribution in [0.15, 0.2) is 42.7 Å². The van der Waals surface area contributed by atoms with E-state index in [1.807, 2.05) is 6.92 Å². The summed E-state index contributed by atoms with van der Waals surface area (Å²) in [6, 6.07) is 10.7. The molecule has 8 heteroatoms. The van der Waals surface area contributed by atoms with E-state index in [0.29, 0.717) is 35.7 Å². The van der Waals surface area contributed by atoms with E-state index in [1.54, 1.807) is 36.5 Å². The SMILES string of the molecule is Cc1cc(C#N)ccc1-c1cnn(-c2ccc(C(=O)NC3CCOCC3)cn2)c1O. The Morgan fingerprint density at radius 2 is 2.03 bits per heavy atom. The maximum Gasteiger partial charge on any atom is 0.253 e. The molecular formula is C22H21N5O3. The minimum absolute atomic E-state index is 0.0604. The first-order valence-corrected chi connectivity index (χ1v) is 9.70. The van der Waals surface area contributed by atoms with Crippen molar-refractivity contribution in [3.05, 3.63) is 59.4 Å². The lowest BCUT2D eigenvalue weighted by molar-refractivity contribution is 0.0696. The highest BCUT2D eigenvalue weighted by Crippen LogP contribution is 2.33. The lowest BCUT2D eigenvalue weighted by Crippen LogP contribution is -2.38. The monoisotopic (exact) mass is 403 g/mol. The third-order valence-corrected chi connectivity index (χ3v) is 5.17. The lowest BCUT2D eigenvalue weighted by atomic mass is 10.0. The zero-order valence-electron chi connectivity index (χ0n) is 16.5. The number of ether oxygens (including phenoxy) is 1. The highest BCUT2D eigenvalue weighted by molar-refractivity contribution is 5.94. The van der Waals surface area contributed by atoms with Crippen molar-refractivity contribution in [3.8, 4) is 28.9 Å². The number of aromatic nitrogens is 3. The molecule has 0 spiro atoms. The molecule has 3 aromatic rings. The number of hydrogen-bond donors (Lipinski definition) is 2. The van der Waals surface area contributed by atoms with Gasteiger partial charge in [-0.25, -0.2) is 4.98 Å². The summed E-state index contributed by atoms with van der Waals surface area (Å²) in [5.41, 5.74) is 3.18. The molecule has 1 aliphatic rings. The Morgan fingerprint density at radius 3 is 2.70 bits per heavy atom. The molecule has 0 bridgehead atoms. The summed E-state index contributed by atoms with van der Waals surface area (Å²) in [5.74, 6) is 0.155. The van der Waals surface area contributed by atoms with Gasteiger partial charge in [0.05, 0.1) is 29.0 Å². The van der Waals surface area contributed by atoms with E-state index in [4.69, 9.17) is 10.00 Å². The van der Waals surface area contributed by atoms with Gasteiger partial charge in [-0.2, -0.15) is 15.0 Å². The predicted octanol–water partition coefficient (Wildman–Crippen LogP) is 2.73. The number of amides is 1. The first-order valence-electron chi connectivity index (χ1n) is 9.70. The third kappa shape index (κ3) is 3.88. The molecule has 1 amide bonds. The Morgan fingerprint density at radius 1 is 1.23 bits per heavy atom. The zero-order valence-corrected chi connectivity index (χ0v) is 16.5. The molecule has 2 N–H and O–H groups in total. The molecule has 1 saturated heterocycles. The van der Waals surface area contributed by atoms with Crippen molar-refractivity contribution in [2.24, 2.45) is 0 Å². The van der Waals surface area contributed by atoms with Crippen LogP contribution >= 0.6 is 0 Å². The van der Waals surface area contributed by atoms with Gasteiger partial charge in [-0.15, -0.1) is 0 Å². The molecule has 4 rings (SSSR count). The number of aromatic hydroxyl groups is 1. The fraction of sp³-hybridized carbons (Fsp3) is 0.273. The average molecular weight is 403 g/mol. The molecule has 0 saturated carbocycles. The smallest absolute Gasteiger partial charge is 0.253 e. The molecule has 0 radical (unpaired) electrons. The molecule has 0 aliphatic carbocycles. The fourth-order valence-corrected chi connectivity index (χ4v) is 3.49. The van der Waals surface area contributed by atoms with Crippen LogP contribution in [0.1, 0.15) is 34.3 Å². The number of carbonyl (C=O) groups excluding carboxylic acids is 1. The van der Waals surface area contributed by atoms with Crippen molar-refractivity contribution < 1.29 is 14.6 Å². The van der Waals surface area contributed by atoms with Gasteiger partial charge in [0.2, 0.25) is 5.88 Å². The molecule has 30 heavy (non-hydrogen) atoms. The summed E-state index contributed by atoms with van der Waals surface area (Å²) in [7, 11) is 0. The summed E-state index contributed by atoms with van der Waals surface area (Å²) in [5, 5.41) is 26.9. The standard InChI is InChI=1S/C22H21N5O3/c1-14-10-15(11-23)2-4-18(14)19-13-25-27(22(19)29)20-5-3-16(12-24-20)21(28)26-17-6-8-30-9-7-17/h2-5,10,12-13,17,29H,6-9H2,1H3,(H,26,28). The van der Waals surface area contributed by atoms with Crippen molar-refractivity contribution in [3.63, 3.8) is 0 Å². The van der Waals surface area contributed by atoms with E-state index in [-0.39, 0.29) is 17.8 Å². The molecule has 152 valence electrons. The number of rotatable bonds is 4. The molecule has 1 aliphatic heterocycles. The van der Waals surface area contributed by atoms with E-state index in [9.17, 15) is 9.90 Å². The van der Waals surface area contributed by atoms with Crippen molar-refractivity contribution >= 4 is 5.91 Å². The number of benzene rings is 1. The summed E-state index contributed by atoms with van der Waals surface area (Å²) in [6.07, 6.45) is 4.63. The third-order valence-electron chi connectivity index (χ3n) is 5.17. The van der Waals surface area contributed by atoms with Gasteiger partial charge < -0.3 is 15.2 Å². The van der Waals surface area contributed by atoms with Gasteiger partial charge in [0.1, 0.15) is 0 Å². The molecule has 0 unspecified atom stereocenters. The second kappa shape index (κ2) is 8.35. The van der Waals surface area contributed by atoms with Crippen LogP contribution in [-0.2, 0) is 4.74 Å². The number of nitrogens with one attached hydrogen (secondary N) is 1. The fourth-order valence-electron chi connectivity index (χ4n) is 3.49. The van der Waals surface area contributed by atoms with Gasteiger partial charge in [-0.05, 0) is 55.2 Å². The van der Waals surface area contributed by atoms with Crippen LogP contribution in [0.25, 0.3) is 16.9 Å². The van der Waals surface area contributed by atoms with Gasteiger partial charge in [0.25, 0.3) is 5.91 Å². The highest BCUT2D eigenvalue weighted by Gasteiger charge is 2.19. The molecule has 1 fully saturated rings. The molecule has 1 aromatic carbocycles. The number of aryl methyl sites for hydroxylation is 1. The quantitative estimate of drug-likeness (QED) is 0.693. The van der Waals surface area contributed by atoms with Crippen molar-refractivity contribution in [2.45, 2.75) is 25.8 Å². The van der Waals surface area contributed by atoms with Gasteiger partial charge in [0.15, 0.2) is 5.82 Å².